The first-order valence-corrected chi connectivity index (χ1v) is 9.95. The van der Waals surface area contributed by atoms with E-state index in [1.165, 1.54) is 69.8 Å². The molecule has 0 fully saturated rings. The molecule has 0 aliphatic carbocycles. The van der Waals surface area contributed by atoms with Gasteiger partial charge in [-0.3, -0.25) is 4.79 Å². The number of aliphatic hydroxyl groups excluding tert-OH is 1. The molecule has 0 spiro atoms. The van der Waals surface area contributed by atoms with Gasteiger partial charge in [0.05, 0.1) is 0 Å². The van der Waals surface area contributed by atoms with Crippen LogP contribution < -0.4 is 11.1 Å². The summed E-state index contributed by atoms with van der Waals surface area (Å²) >= 11 is 0. The zero-order chi connectivity index (χ0) is 18.3. The zero-order valence-electron chi connectivity index (χ0n) is 15.8. The number of benzene rings is 1. The summed E-state index contributed by atoms with van der Waals surface area (Å²) in [6.45, 7) is 2.19. The maximum atomic E-state index is 11.6. The molecule has 0 saturated carbocycles. The number of hydrogen-bond donors (Lipinski definition) is 3. The molecule has 142 valence electrons. The normalized spacial score (nSPS) is 12.1. The molecule has 4 nitrogen and oxygen atoms in total. The van der Waals surface area contributed by atoms with E-state index in [-0.39, 0.29) is 6.54 Å². The molecule has 1 rings (SSSR count). The van der Waals surface area contributed by atoms with Gasteiger partial charge < -0.3 is 16.2 Å². The second-order valence-electron chi connectivity index (χ2n) is 6.87. The van der Waals surface area contributed by atoms with Crippen molar-refractivity contribution in [1.29, 1.82) is 0 Å². The molecule has 1 unspecified atom stereocenters. The van der Waals surface area contributed by atoms with Crippen molar-refractivity contribution in [1.82, 2.24) is 0 Å². The van der Waals surface area contributed by atoms with Gasteiger partial charge in [0.1, 0.15) is 6.10 Å². The van der Waals surface area contributed by atoms with Gasteiger partial charge in [-0.15, -0.1) is 0 Å². The van der Waals surface area contributed by atoms with E-state index in [9.17, 15) is 9.90 Å². The van der Waals surface area contributed by atoms with Gasteiger partial charge in [0.25, 0.3) is 5.91 Å². The Morgan fingerprint density at radius 1 is 0.960 bits per heavy atom. The third kappa shape index (κ3) is 10.3. The number of carbonyl (C=O) groups is 1. The van der Waals surface area contributed by atoms with Crippen LogP contribution in [-0.2, 0) is 11.2 Å². The summed E-state index contributed by atoms with van der Waals surface area (Å²) in [5, 5.41) is 12.0. The monoisotopic (exact) mass is 348 g/mol. The van der Waals surface area contributed by atoms with Crippen LogP contribution in [-0.4, -0.2) is 23.7 Å². The second-order valence-corrected chi connectivity index (χ2v) is 6.87. The number of amides is 1. The molecule has 0 saturated heterocycles. The second kappa shape index (κ2) is 13.9. The maximum Gasteiger partial charge on any atom is 0.254 e. The Balaban J connectivity index is 2.09. The van der Waals surface area contributed by atoms with Crippen molar-refractivity contribution < 1.29 is 9.90 Å². The SMILES string of the molecule is CCCCCCCCCCCCc1ccc(NC(=O)C(O)CN)cc1. The lowest BCUT2D eigenvalue weighted by Gasteiger charge is -2.09. The Bertz CT molecular complexity index is 459. The van der Waals surface area contributed by atoms with Crippen LogP contribution in [0.4, 0.5) is 5.69 Å². The first-order valence-electron chi connectivity index (χ1n) is 9.95. The van der Waals surface area contributed by atoms with Gasteiger partial charge in [-0.1, -0.05) is 76.8 Å². The highest BCUT2D eigenvalue weighted by Crippen LogP contribution is 2.14. The highest BCUT2D eigenvalue weighted by atomic mass is 16.3. The molecule has 0 radical (unpaired) electrons. The Morgan fingerprint density at radius 2 is 1.48 bits per heavy atom. The molecule has 0 aromatic heterocycles. The topological polar surface area (TPSA) is 75.3 Å². The Kier molecular flexibility index (Phi) is 12.0. The van der Waals surface area contributed by atoms with Crippen LogP contribution in [0.2, 0.25) is 0 Å². The van der Waals surface area contributed by atoms with Crippen molar-refractivity contribution in [3.63, 3.8) is 0 Å². The summed E-state index contributed by atoms with van der Waals surface area (Å²) in [5.41, 5.74) is 7.25. The van der Waals surface area contributed by atoms with E-state index >= 15 is 0 Å². The first kappa shape index (κ1) is 21.7. The van der Waals surface area contributed by atoms with E-state index in [1.54, 1.807) is 0 Å². The quantitative estimate of drug-likeness (QED) is 0.436. The highest BCUT2D eigenvalue weighted by Gasteiger charge is 2.12. The van der Waals surface area contributed by atoms with Gasteiger partial charge >= 0.3 is 0 Å². The van der Waals surface area contributed by atoms with Gasteiger partial charge in [0.2, 0.25) is 0 Å². The number of aliphatic hydroxyl groups is 1. The number of aryl methyl sites for hydroxylation is 1. The molecule has 4 N–H and O–H groups in total. The summed E-state index contributed by atoms with van der Waals surface area (Å²) in [4.78, 5) is 11.6. The standard InChI is InChI=1S/C21H36N2O2/c1-2-3-4-5-6-7-8-9-10-11-12-18-13-15-19(16-14-18)23-21(25)20(24)17-22/h13-16,20,24H,2-12,17,22H2,1H3,(H,23,25). The molecular weight excluding hydrogens is 312 g/mol. The van der Waals surface area contributed by atoms with Gasteiger partial charge in [0, 0.05) is 12.2 Å². The Hall–Kier alpha value is -1.39. The average Bonchev–Trinajstić information content (AvgIpc) is 2.63. The van der Waals surface area contributed by atoms with Gasteiger partial charge in [-0.25, -0.2) is 0 Å². The summed E-state index contributed by atoms with van der Waals surface area (Å²) in [6.07, 6.45) is 13.4. The van der Waals surface area contributed by atoms with E-state index in [0.717, 1.165) is 6.42 Å². The predicted octanol–water partition coefficient (Wildman–Crippen LogP) is 4.41. The molecule has 0 aliphatic rings. The van der Waals surface area contributed by atoms with Crippen molar-refractivity contribution >= 4 is 11.6 Å². The molecule has 4 heteroatoms. The summed E-state index contributed by atoms with van der Waals surface area (Å²) in [7, 11) is 0. The van der Waals surface area contributed by atoms with Crippen LogP contribution in [0.25, 0.3) is 0 Å². The predicted molar refractivity (Wildman–Crippen MR) is 106 cm³/mol. The number of unbranched alkanes of at least 4 members (excludes halogenated alkanes) is 9. The molecule has 1 aromatic rings. The van der Waals surface area contributed by atoms with E-state index < -0.39 is 12.0 Å². The van der Waals surface area contributed by atoms with Crippen LogP contribution >= 0.6 is 0 Å². The molecular formula is C21H36N2O2. The Morgan fingerprint density at radius 3 is 2.00 bits per heavy atom. The van der Waals surface area contributed by atoms with Crippen LogP contribution in [0, 0.1) is 0 Å². The van der Waals surface area contributed by atoms with E-state index in [1.807, 2.05) is 24.3 Å². The lowest BCUT2D eigenvalue weighted by atomic mass is 10.0. The number of carbonyl (C=O) groups excluding carboxylic acids is 1. The highest BCUT2D eigenvalue weighted by molar-refractivity contribution is 5.94. The van der Waals surface area contributed by atoms with Crippen molar-refractivity contribution in [2.24, 2.45) is 5.73 Å². The van der Waals surface area contributed by atoms with Crippen LogP contribution in [0.5, 0.6) is 0 Å². The van der Waals surface area contributed by atoms with Crippen LogP contribution in [0.15, 0.2) is 24.3 Å². The maximum absolute atomic E-state index is 11.6. The number of nitrogens with one attached hydrogen (secondary N) is 1. The third-order valence-electron chi connectivity index (χ3n) is 4.57. The van der Waals surface area contributed by atoms with E-state index in [4.69, 9.17) is 5.73 Å². The first-order chi connectivity index (χ1) is 12.2. The number of anilines is 1. The van der Waals surface area contributed by atoms with E-state index in [0.29, 0.717) is 5.69 Å². The molecule has 0 bridgehead atoms. The minimum Gasteiger partial charge on any atom is -0.382 e. The van der Waals surface area contributed by atoms with Crippen molar-refractivity contribution in [3.05, 3.63) is 29.8 Å². The molecule has 1 aromatic carbocycles. The average molecular weight is 349 g/mol. The van der Waals surface area contributed by atoms with Crippen LogP contribution in [0.3, 0.4) is 0 Å². The summed E-state index contributed by atoms with van der Waals surface area (Å²) in [5.74, 6) is -0.454. The largest absolute Gasteiger partial charge is 0.382 e. The summed E-state index contributed by atoms with van der Waals surface area (Å²) < 4.78 is 0. The summed E-state index contributed by atoms with van der Waals surface area (Å²) in [6, 6.07) is 7.84. The molecule has 1 amide bonds. The third-order valence-corrected chi connectivity index (χ3v) is 4.57. The van der Waals surface area contributed by atoms with Crippen molar-refractivity contribution in [3.8, 4) is 0 Å². The lowest BCUT2D eigenvalue weighted by Crippen LogP contribution is -2.34. The molecule has 1 atom stereocenters. The molecule has 0 aliphatic heterocycles. The number of rotatable bonds is 14. The smallest absolute Gasteiger partial charge is 0.254 e. The fourth-order valence-electron chi connectivity index (χ4n) is 2.90. The van der Waals surface area contributed by atoms with Gasteiger partial charge in [-0.2, -0.15) is 0 Å². The Labute approximate surface area is 153 Å². The number of nitrogens with two attached hydrogens (primary N) is 1. The zero-order valence-corrected chi connectivity index (χ0v) is 15.8. The van der Waals surface area contributed by atoms with Gasteiger partial charge in [0.15, 0.2) is 0 Å². The van der Waals surface area contributed by atoms with E-state index in [2.05, 4.69) is 12.2 Å². The molecule has 25 heavy (non-hydrogen) atoms. The van der Waals surface area contributed by atoms with Crippen LogP contribution in [0.1, 0.15) is 76.7 Å². The lowest BCUT2D eigenvalue weighted by molar-refractivity contribution is -0.123. The van der Waals surface area contributed by atoms with Crippen molar-refractivity contribution in [2.45, 2.75) is 83.7 Å². The van der Waals surface area contributed by atoms with Crippen molar-refractivity contribution in [2.75, 3.05) is 11.9 Å². The minimum absolute atomic E-state index is 0.0668. The minimum atomic E-state index is -1.15. The number of hydrogen-bond acceptors (Lipinski definition) is 3. The fraction of sp³-hybridized carbons (Fsp3) is 0.667. The van der Waals surface area contributed by atoms with Gasteiger partial charge in [-0.05, 0) is 30.5 Å². The molecule has 0 heterocycles. The fourth-order valence-corrected chi connectivity index (χ4v) is 2.90.